The van der Waals surface area contributed by atoms with Crippen molar-refractivity contribution >= 4 is 5.97 Å². The average molecular weight is 233 g/mol. The van der Waals surface area contributed by atoms with Crippen molar-refractivity contribution in [2.75, 3.05) is 20.7 Å². The van der Waals surface area contributed by atoms with Crippen LogP contribution >= 0.6 is 0 Å². The van der Waals surface area contributed by atoms with E-state index in [1.165, 1.54) is 13.2 Å². The first kappa shape index (κ1) is 13.1. The molecule has 4 heteroatoms. The van der Waals surface area contributed by atoms with Crippen molar-refractivity contribution < 1.29 is 14.6 Å². The van der Waals surface area contributed by atoms with Gasteiger partial charge >= 0.3 is 5.97 Å². The molecule has 0 saturated heterocycles. The van der Waals surface area contributed by atoms with Gasteiger partial charge in [0.1, 0.15) is 5.75 Å². The molecule has 0 unspecified atom stereocenters. The highest BCUT2D eigenvalue weighted by Gasteiger charge is 2.08. The SMILES string of the molecule is CNCCC#Cc1cc(OC)ccc1C(=O)O. The van der Waals surface area contributed by atoms with Gasteiger partial charge < -0.3 is 15.2 Å². The molecule has 0 aliphatic heterocycles. The van der Waals surface area contributed by atoms with Gasteiger partial charge in [0, 0.05) is 18.5 Å². The molecule has 0 aliphatic rings. The van der Waals surface area contributed by atoms with Gasteiger partial charge in [0.05, 0.1) is 12.7 Å². The van der Waals surface area contributed by atoms with Crippen LogP contribution in [-0.4, -0.2) is 31.8 Å². The van der Waals surface area contributed by atoms with Gasteiger partial charge in [-0.2, -0.15) is 0 Å². The second-order valence-corrected chi connectivity index (χ2v) is 3.37. The zero-order valence-corrected chi connectivity index (χ0v) is 9.91. The number of carbonyl (C=O) groups is 1. The molecule has 0 aliphatic carbocycles. The highest BCUT2D eigenvalue weighted by molar-refractivity contribution is 5.91. The molecule has 4 nitrogen and oxygen atoms in total. The number of carboxylic acids is 1. The van der Waals surface area contributed by atoms with Crippen molar-refractivity contribution in [3.63, 3.8) is 0 Å². The molecule has 17 heavy (non-hydrogen) atoms. The standard InChI is InChI=1S/C13H15NO3/c1-14-8-4-3-5-10-9-11(17-2)6-7-12(10)13(15)16/h6-7,9,14H,4,8H2,1-2H3,(H,15,16). The minimum Gasteiger partial charge on any atom is -0.497 e. The molecular formula is C13H15NO3. The molecule has 2 N–H and O–H groups in total. The molecule has 0 atom stereocenters. The van der Waals surface area contributed by atoms with Crippen LogP contribution in [0, 0.1) is 11.8 Å². The summed E-state index contributed by atoms with van der Waals surface area (Å²) in [7, 11) is 3.38. The number of rotatable bonds is 4. The van der Waals surface area contributed by atoms with Crippen molar-refractivity contribution in [1.29, 1.82) is 0 Å². The first-order valence-electron chi connectivity index (χ1n) is 5.24. The van der Waals surface area contributed by atoms with Crippen LogP contribution in [0.1, 0.15) is 22.3 Å². The van der Waals surface area contributed by atoms with E-state index < -0.39 is 5.97 Å². The summed E-state index contributed by atoms with van der Waals surface area (Å²) in [5, 5.41) is 12.0. The third-order valence-corrected chi connectivity index (χ3v) is 2.18. The first-order chi connectivity index (χ1) is 8.19. The van der Waals surface area contributed by atoms with E-state index in [0.717, 1.165) is 6.54 Å². The molecule has 0 saturated carbocycles. The van der Waals surface area contributed by atoms with Gasteiger partial charge in [-0.25, -0.2) is 4.79 Å². The van der Waals surface area contributed by atoms with E-state index in [2.05, 4.69) is 17.2 Å². The van der Waals surface area contributed by atoms with Crippen LogP contribution in [0.25, 0.3) is 0 Å². The van der Waals surface area contributed by atoms with E-state index in [9.17, 15) is 4.79 Å². The maximum Gasteiger partial charge on any atom is 0.336 e. The second kappa shape index (κ2) is 6.56. The number of ether oxygens (including phenoxy) is 1. The van der Waals surface area contributed by atoms with Crippen molar-refractivity contribution in [3.8, 4) is 17.6 Å². The zero-order chi connectivity index (χ0) is 12.7. The maximum atomic E-state index is 11.0. The van der Waals surface area contributed by atoms with Crippen molar-refractivity contribution in [1.82, 2.24) is 5.32 Å². The third kappa shape index (κ3) is 3.82. The number of aromatic carboxylic acids is 1. The summed E-state index contributed by atoms with van der Waals surface area (Å²) >= 11 is 0. The van der Waals surface area contributed by atoms with Gasteiger partial charge in [0.2, 0.25) is 0 Å². The molecule has 0 heterocycles. The first-order valence-corrected chi connectivity index (χ1v) is 5.24. The molecular weight excluding hydrogens is 218 g/mol. The molecule has 0 fully saturated rings. The van der Waals surface area contributed by atoms with Crippen LogP contribution in [0.4, 0.5) is 0 Å². The number of hydrogen-bond acceptors (Lipinski definition) is 3. The van der Waals surface area contributed by atoms with Gasteiger partial charge in [0.15, 0.2) is 0 Å². The molecule has 0 spiro atoms. The Morgan fingerprint density at radius 3 is 2.88 bits per heavy atom. The normalized spacial score (nSPS) is 9.29. The Hall–Kier alpha value is -1.99. The van der Waals surface area contributed by atoms with Gasteiger partial charge in [-0.15, -0.1) is 0 Å². The lowest BCUT2D eigenvalue weighted by molar-refractivity contribution is 0.0696. The summed E-state index contributed by atoms with van der Waals surface area (Å²) in [5.41, 5.74) is 0.677. The number of benzene rings is 1. The van der Waals surface area contributed by atoms with E-state index in [1.807, 2.05) is 7.05 Å². The fraction of sp³-hybridized carbons (Fsp3) is 0.308. The summed E-state index contributed by atoms with van der Waals surface area (Å²) in [4.78, 5) is 11.0. The molecule has 1 aromatic rings. The van der Waals surface area contributed by atoms with Crippen LogP contribution in [0.3, 0.4) is 0 Å². The average Bonchev–Trinajstić information content (AvgIpc) is 2.34. The molecule has 1 rings (SSSR count). The predicted octanol–water partition coefficient (Wildman–Crippen LogP) is 1.35. The Kier molecular flexibility index (Phi) is 5.05. The van der Waals surface area contributed by atoms with Crippen LogP contribution in [0.15, 0.2) is 18.2 Å². The molecule has 90 valence electrons. The van der Waals surface area contributed by atoms with E-state index in [0.29, 0.717) is 17.7 Å². The highest BCUT2D eigenvalue weighted by Crippen LogP contribution is 2.16. The maximum absolute atomic E-state index is 11.0. The molecule has 0 aromatic heterocycles. The van der Waals surface area contributed by atoms with Crippen LogP contribution in [0.2, 0.25) is 0 Å². The van der Waals surface area contributed by atoms with E-state index in [4.69, 9.17) is 9.84 Å². The second-order valence-electron chi connectivity index (χ2n) is 3.37. The smallest absolute Gasteiger partial charge is 0.336 e. The Balaban J connectivity index is 2.99. The Labute approximate surface area is 101 Å². The summed E-state index contributed by atoms with van der Waals surface area (Å²) in [5.74, 6) is 5.39. The fourth-order valence-electron chi connectivity index (χ4n) is 1.29. The summed E-state index contributed by atoms with van der Waals surface area (Å²) < 4.78 is 5.04. The minimum absolute atomic E-state index is 0.197. The van der Waals surface area contributed by atoms with Crippen LogP contribution < -0.4 is 10.1 Å². The lowest BCUT2D eigenvalue weighted by Gasteiger charge is -2.03. The number of methoxy groups -OCH3 is 1. The number of carboxylic acid groups (broad SMARTS) is 1. The lowest BCUT2D eigenvalue weighted by atomic mass is 10.1. The van der Waals surface area contributed by atoms with Gasteiger partial charge in [-0.1, -0.05) is 11.8 Å². The largest absolute Gasteiger partial charge is 0.497 e. The van der Waals surface area contributed by atoms with E-state index >= 15 is 0 Å². The van der Waals surface area contributed by atoms with Gasteiger partial charge in [0.25, 0.3) is 0 Å². The Morgan fingerprint density at radius 2 is 2.29 bits per heavy atom. The molecule has 0 bridgehead atoms. The topological polar surface area (TPSA) is 58.6 Å². The Bertz CT molecular complexity index is 457. The molecule has 1 aromatic carbocycles. The van der Waals surface area contributed by atoms with Gasteiger partial charge in [-0.05, 0) is 25.2 Å². The molecule has 0 radical (unpaired) electrons. The zero-order valence-electron chi connectivity index (χ0n) is 9.91. The summed E-state index contributed by atoms with van der Waals surface area (Å²) in [6.07, 6.45) is 0.673. The van der Waals surface area contributed by atoms with Crippen molar-refractivity contribution in [3.05, 3.63) is 29.3 Å². The Morgan fingerprint density at radius 1 is 1.53 bits per heavy atom. The predicted molar refractivity (Wildman–Crippen MR) is 65.4 cm³/mol. The number of hydrogen-bond donors (Lipinski definition) is 2. The van der Waals surface area contributed by atoms with Crippen molar-refractivity contribution in [2.45, 2.75) is 6.42 Å². The minimum atomic E-state index is -0.981. The molecule has 0 amide bonds. The van der Waals surface area contributed by atoms with Crippen molar-refractivity contribution in [2.24, 2.45) is 0 Å². The monoisotopic (exact) mass is 233 g/mol. The van der Waals surface area contributed by atoms with Crippen LogP contribution in [0.5, 0.6) is 5.75 Å². The summed E-state index contributed by atoms with van der Waals surface area (Å²) in [6.45, 7) is 0.777. The van der Waals surface area contributed by atoms with Gasteiger partial charge in [-0.3, -0.25) is 0 Å². The third-order valence-electron chi connectivity index (χ3n) is 2.18. The number of nitrogens with one attached hydrogen (secondary N) is 1. The summed E-state index contributed by atoms with van der Waals surface area (Å²) in [6, 6.07) is 4.75. The lowest BCUT2D eigenvalue weighted by Crippen LogP contribution is -2.06. The quantitative estimate of drug-likeness (QED) is 0.609. The van der Waals surface area contributed by atoms with E-state index in [-0.39, 0.29) is 5.56 Å². The highest BCUT2D eigenvalue weighted by atomic mass is 16.5. The van der Waals surface area contributed by atoms with E-state index in [1.54, 1.807) is 12.1 Å². The fourth-order valence-corrected chi connectivity index (χ4v) is 1.29. The van der Waals surface area contributed by atoms with Crippen LogP contribution in [-0.2, 0) is 0 Å².